The van der Waals surface area contributed by atoms with Gasteiger partial charge in [0.15, 0.2) is 6.19 Å². The van der Waals surface area contributed by atoms with Crippen LogP contribution < -0.4 is 57.1 Å². The van der Waals surface area contributed by atoms with Gasteiger partial charge in [-0.15, -0.1) is 0 Å². The molecule has 2 N–H and O–H groups in total. The van der Waals surface area contributed by atoms with Crippen LogP contribution >= 0.6 is 0 Å². The van der Waals surface area contributed by atoms with E-state index < -0.39 is 0 Å². The van der Waals surface area contributed by atoms with Crippen LogP contribution in [0, 0.1) is 11.5 Å². The van der Waals surface area contributed by atoms with E-state index in [0.717, 1.165) is 0 Å². The maximum Gasteiger partial charge on any atom is 1.00 e. The molecule has 4 heteroatoms. The van der Waals surface area contributed by atoms with Gasteiger partial charge >= 0.3 is 51.4 Å². The van der Waals surface area contributed by atoms with Gasteiger partial charge in [0.1, 0.15) is 0 Å². The zero-order valence-electron chi connectivity index (χ0n) is 3.83. The first kappa shape index (κ1) is 16.1. The molecular formula is CH3CuKN2. The zero-order chi connectivity index (χ0) is 2.71. The second-order valence-electron chi connectivity index (χ2n) is 0.129. The normalized spacial score (nSPS) is 1.40. The molecule has 0 spiro atoms. The Labute approximate surface area is 85.5 Å². The Morgan fingerprint density at radius 2 is 1.80 bits per heavy atom. The standard InChI is InChI=1S/CH2N2.Cu.K.H/c2-1-3;;;/h2H2;;;/q;;+1;-1. The second-order valence-corrected chi connectivity index (χ2v) is 0.129. The van der Waals surface area contributed by atoms with Gasteiger partial charge in [-0.3, -0.25) is 0 Å². The molecule has 0 fully saturated rings. The topological polar surface area (TPSA) is 49.8 Å². The van der Waals surface area contributed by atoms with E-state index in [0.29, 0.717) is 0 Å². The quantitative estimate of drug-likeness (QED) is 0.219. The first-order chi connectivity index (χ1) is 1.41. The summed E-state index contributed by atoms with van der Waals surface area (Å²) in [5, 5.41) is 7.10. The molecule has 0 amide bonds. The van der Waals surface area contributed by atoms with Gasteiger partial charge in [-0.2, -0.15) is 5.26 Å². The van der Waals surface area contributed by atoms with Crippen molar-refractivity contribution in [3.8, 4) is 6.19 Å². The van der Waals surface area contributed by atoms with Crippen molar-refractivity contribution in [2.45, 2.75) is 0 Å². The third-order valence-electron chi connectivity index (χ3n) is 0. The van der Waals surface area contributed by atoms with Crippen LogP contribution in [0.5, 0.6) is 0 Å². The van der Waals surface area contributed by atoms with Crippen molar-refractivity contribution in [2.75, 3.05) is 0 Å². The predicted octanol–water partition coefficient (Wildman–Crippen LogP) is -3.46. The Balaban J connectivity index is -0.00000000667. The summed E-state index contributed by atoms with van der Waals surface area (Å²) in [5.74, 6) is 0. The number of rotatable bonds is 0. The molecule has 0 bridgehead atoms. The average Bonchev–Trinajstić information content (AvgIpc) is 0.918. The molecule has 0 aliphatic heterocycles. The molecular weight excluding hydrogens is 143 g/mol. The molecule has 0 aliphatic carbocycles. The number of nitrogens with zero attached hydrogens (tertiary/aromatic N) is 1. The second kappa shape index (κ2) is 18.0. The van der Waals surface area contributed by atoms with Crippen molar-refractivity contribution in [3.63, 3.8) is 0 Å². The third-order valence-corrected chi connectivity index (χ3v) is 0. The monoisotopic (exact) mass is 145 g/mol. The van der Waals surface area contributed by atoms with E-state index in [1.165, 1.54) is 6.19 Å². The summed E-state index contributed by atoms with van der Waals surface area (Å²) in [6, 6.07) is 0. The van der Waals surface area contributed by atoms with Gasteiger partial charge in [0.05, 0.1) is 0 Å². The Morgan fingerprint density at radius 3 is 1.80 bits per heavy atom. The maximum absolute atomic E-state index is 7.10. The molecule has 0 aromatic rings. The van der Waals surface area contributed by atoms with Gasteiger partial charge in [-0.1, -0.05) is 0 Å². The molecule has 1 radical (unpaired) electrons. The fourth-order valence-corrected chi connectivity index (χ4v) is 0. The van der Waals surface area contributed by atoms with E-state index in [9.17, 15) is 0 Å². The van der Waals surface area contributed by atoms with E-state index in [-0.39, 0.29) is 69.9 Å². The number of nitrogens with two attached hydrogens (primary N) is 1. The van der Waals surface area contributed by atoms with Crippen molar-refractivity contribution >= 4 is 0 Å². The van der Waals surface area contributed by atoms with Crippen molar-refractivity contribution in [2.24, 2.45) is 5.73 Å². The summed E-state index contributed by atoms with van der Waals surface area (Å²) in [6.45, 7) is 0. The zero-order valence-corrected chi connectivity index (χ0v) is 6.89. The van der Waals surface area contributed by atoms with Gasteiger partial charge < -0.3 is 7.16 Å². The summed E-state index contributed by atoms with van der Waals surface area (Å²) in [5.41, 5.74) is 4.15. The summed E-state index contributed by atoms with van der Waals surface area (Å²) in [7, 11) is 0. The summed E-state index contributed by atoms with van der Waals surface area (Å²) in [4.78, 5) is 0. The van der Waals surface area contributed by atoms with Crippen molar-refractivity contribution in [1.82, 2.24) is 0 Å². The fraction of sp³-hybridized carbons (Fsp3) is 0. The largest absolute Gasteiger partial charge is 1.00 e. The van der Waals surface area contributed by atoms with E-state index in [2.05, 4.69) is 5.73 Å². The van der Waals surface area contributed by atoms with Gasteiger partial charge in [-0.05, 0) is 0 Å². The predicted molar refractivity (Wildman–Crippen MR) is 10.9 cm³/mol. The van der Waals surface area contributed by atoms with Crippen LogP contribution in [0.1, 0.15) is 1.43 Å². The summed E-state index contributed by atoms with van der Waals surface area (Å²) < 4.78 is 0. The first-order valence-electron chi connectivity index (χ1n) is 0.512. The molecule has 5 heavy (non-hydrogen) atoms. The van der Waals surface area contributed by atoms with E-state index in [1.54, 1.807) is 0 Å². The van der Waals surface area contributed by atoms with Crippen LogP contribution in [0.2, 0.25) is 0 Å². The molecule has 0 rings (SSSR count). The molecule has 0 saturated heterocycles. The first-order valence-corrected chi connectivity index (χ1v) is 0.512. The molecule has 0 saturated carbocycles. The van der Waals surface area contributed by atoms with Crippen LogP contribution in [0.15, 0.2) is 0 Å². The smallest absolute Gasteiger partial charge is 1.00 e. The molecule has 0 aromatic heterocycles. The molecule has 0 atom stereocenters. The minimum Gasteiger partial charge on any atom is -1.00 e. The summed E-state index contributed by atoms with van der Waals surface area (Å²) >= 11 is 0. The Kier molecular flexibility index (Phi) is 57.9. The minimum atomic E-state index is 0. The van der Waals surface area contributed by atoms with Gasteiger partial charge in [0.2, 0.25) is 0 Å². The number of nitriles is 1. The third kappa shape index (κ3) is 30.9. The van der Waals surface area contributed by atoms with Crippen LogP contribution in [0.3, 0.4) is 0 Å². The van der Waals surface area contributed by atoms with Crippen molar-refractivity contribution in [1.29, 1.82) is 5.26 Å². The van der Waals surface area contributed by atoms with Crippen LogP contribution in [-0.2, 0) is 17.1 Å². The number of hydrogen-bond acceptors (Lipinski definition) is 2. The molecule has 0 aromatic carbocycles. The molecule has 29 valence electrons. The van der Waals surface area contributed by atoms with Crippen LogP contribution in [-0.4, -0.2) is 0 Å². The Bertz CT molecular complexity index is 35.0. The van der Waals surface area contributed by atoms with Gasteiger partial charge in [0, 0.05) is 17.1 Å². The van der Waals surface area contributed by atoms with Gasteiger partial charge in [0.25, 0.3) is 0 Å². The van der Waals surface area contributed by atoms with Crippen LogP contribution in [0.25, 0.3) is 0 Å². The molecule has 0 unspecified atom stereocenters. The molecule has 0 aliphatic rings. The molecule has 2 nitrogen and oxygen atoms in total. The van der Waals surface area contributed by atoms with E-state index >= 15 is 0 Å². The van der Waals surface area contributed by atoms with Crippen LogP contribution in [0.4, 0.5) is 0 Å². The number of hydrogen-bond donors (Lipinski definition) is 1. The molecule has 0 heterocycles. The Morgan fingerprint density at radius 1 is 1.80 bits per heavy atom. The fourth-order valence-electron chi connectivity index (χ4n) is 0. The van der Waals surface area contributed by atoms with E-state index in [1.807, 2.05) is 0 Å². The SMILES string of the molecule is N#CN.[Cu].[H-].[K+]. The minimum absolute atomic E-state index is 0. The van der Waals surface area contributed by atoms with Gasteiger partial charge in [-0.25, -0.2) is 0 Å². The van der Waals surface area contributed by atoms with Crippen molar-refractivity contribution in [3.05, 3.63) is 0 Å². The van der Waals surface area contributed by atoms with E-state index in [4.69, 9.17) is 5.26 Å². The van der Waals surface area contributed by atoms with Crippen molar-refractivity contribution < 1.29 is 69.9 Å². The summed E-state index contributed by atoms with van der Waals surface area (Å²) in [6.07, 6.45) is 1.25. The average molecular weight is 146 g/mol. The maximum atomic E-state index is 7.10. The Hall–Kier alpha value is 1.45.